The second-order valence-corrected chi connectivity index (χ2v) is 6.79. The van der Waals surface area contributed by atoms with Crippen LogP contribution in [0.5, 0.6) is 0 Å². The van der Waals surface area contributed by atoms with E-state index in [4.69, 9.17) is 5.11 Å². The van der Waals surface area contributed by atoms with Gasteiger partial charge in [-0.15, -0.1) is 11.8 Å². The van der Waals surface area contributed by atoms with E-state index in [9.17, 15) is 9.59 Å². The van der Waals surface area contributed by atoms with E-state index >= 15 is 0 Å². The van der Waals surface area contributed by atoms with Crippen molar-refractivity contribution >= 4 is 35.5 Å². The van der Waals surface area contributed by atoms with Crippen LogP contribution in [0.2, 0.25) is 0 Å². The molecule has 0 radical (unpaired) electrons. The minimum Gasteiger partial charge on any atom is -0.480 e. The second kappa shape index (κ2) is 6.56. The molecule has 0 aromatic heterocycles. The Balaban J connectivity index is 1.78. The third kappa shape index (κ3) is 3.47. The Labute approximate surface area is 115 Å². The van der Waals surface area contributed by atoms with Crippen LogP contribution in [0.15, 0.2) is 0 Å². The number of carbonyl (C=O) groups is 2. The third-order valence-corrected chi connectivity index (χ3v) is 5.37. The lowest BCUT2D eigenvalue weighted by Gasteiger charge is -2.25. The van der Waals surface area contributed by atoms with Crippen molar-refractivity contribution in [1.29, 1.82) is 0 Å². The van der Waals surface area contributed by atoms with E-state index in [1.54, 1.807) is 0 Å². The number of hydrogen-bond acceptors (Lipinski definition) is 4. The van der Waals surface area contributed by atoms with Crippen molar-refractivity contribution in [2.75, 3.05) is 29.7 Å². The third-order valence-electron chi connectivity index (χ3n) is 3.31. The summed E-state index contributed by atoms with van der Waals surface area (Å²) in [4.78, 5) is 24.3. The molecule has 0 aromatic carbocycles. The Morgan fingerprint density at radius 3 is 2.67 bits per heavy atom. The average molecular weight is 290 g/mol. The van der Waals surface area contributed by atoms with Gasteiger partial charge in [-0.3, -0.25) is 0 Å². The second-order valence-electron chi connectivity index (χ2n) is 4.57. The van der Waals surface area contributed by atoms with Crippen LogP contribution in [-0.2, 0) is 4.79 Å². The summed E-state index contributed by atoms with van der Waals surface area (Å²) in [6, 6.07) is -0.900. The van der Waals surface area contributed by atoms with Gasteiger partial charge in [0.25, 0.3) is 0 Å². The summed E-state index contributed by atoms with van der Waals surface area (Å²) in [6.45, 7) is 0.674. The molecule has 2 heterocycles. The van der Waals surface area contributed by atoms with Crippen LogP contribution in [-0.4, -0.2) is 57.7 Å². The Morgan fingerprint density at radius 1 is 1.28 bits per heavy atom. The molecule has 0 aliphatic carbocycles. The average Bonchev–Trinajstić information content (AvgIpc) is 2.86. The molecule has 5 nitrogen and oxygen atoms in total. The number of amides is 2. The van der Waals surface area contributed by atoms with Gasteiger partial charge in [-0.1, -0.05) is 0 Å². The molecule has 2 aliphatic rings. The van der Waals surface area contributed by atoms with Gasteiger partial charge in [0.15, 0.2) is 0 Å². The highest BCUT2D eigenvalue weighted by Gasteiger charge is 2.34. The Morgan fingerprint density at radius 2 is 2.00 bits per heavy atom. The smallest absolute Gasteiger partial charge is 0.327 e. The highest BCUT2D eigenvalue weighted by atomic mass is 32.2. The summed E-state index contributed by atoms with van der Waals surface area (Å²) in [7, 11) is 0. The maximum Gasteiger partial charge on any atom is 0.327 e. The highest BCUT2D eigenvalue weighted by Crippen LogP contribution is 2.23. The van der Waals surface area contributed by atoms with Crippen molar-refractivity contribution in [1.82, 2.24) is 10.2 Å². The fraction of sp³-hybridized carbons (Fsp3) is 0.818. The topological polar surface area (TPSA) is 69.6 Å². The van der Waals surface area contributed by atoms with Crippen LogP contribution in [0.3, 0.4) is 0 Å². The molecule has 0 saturated carbocycles. The lowest BCUT2D eigenvalue weighted by Crippen LogP contribution is -2.48. The first-order valence-electron chi connectivity index (χ1n) is 6.11. The van der Waals surface area contributed by atoms with Crippen LogP contribution in [0.25, 0.3) is 0 Å². The molecule has 2 N–H and O–H groups in total. The van der Waals surface area contributed by atoms with Crippen molar-refractivity contribution < 1.29 is 14.7 Å². The number of aliphatic carboxylic acids is 1. The van der Waals surface area contributed by atoms with Crippen molar-refractivity contribution in [2.45, 2.75) is 18.9 Å². The van der Waals surface area contributed by atoms with E-state index in [0.29, 0.717) is 24.1 Å². The molecular formula is C11H18N2O3S2. The molecule has 2 aliphatic heterocycles. The van der Waals surface area contributed by atoms with Gasteiger partial charge in [-0.2, -0.15) is 11.8 Å². The summed E-state index contributed by atoms with van der Waals surface area (Å²) in [5.74, 6) is 2.93. The number of carbonyl (C=O) groups excluding carboxylic acids is 1. The largest absolute Gasteiger partial charge is 0.480 e. The first-order valence-corrected chi connectivity index (χ1v) is 8.42. The molecule has 2 rings (SSSR count). The van der Waals surface area contributed by atoms with Gasteiger partial charge >= 0.3 is 12.0 Å². The van der Waals surface area contributed by atoms with Gasteiger partial charge in [0, 0.05) is 12.3 Å². The number of nitrogens with zero attached hydrogens (tertiary/aromatic N) is 1. The number of thioether (sulfide) groups is 2. The number of hydrogen-bond donors (Lipinski definition) is 2. The first-order chi connectivity index (χ1) is 8.68. The molecule has 2 amide bonds. The molecule has 102 valence electrons. The van der Waals surface area contributed by atoms with E-state index in [2.05, 4.69) is 5.32 Å². The number of rotatable bonds is 3. The molecule has 2 saturated heterocycles. The normalized spacial score (nSPS) is 25.1. The number of carboxylic acids is 1. The maximum absolute atomic E-state index is 11.9. The molecule has 2 fully saturated rings. The Hall–Kier alpha value is -0.560. The van der Waals surface area contributed by atoms with Gasteiger partial charge in [0.2, 0.25) is 0 Å². The summed E-state index contributed by atoms with van der Waals surface area (Å²) in [6.07, 6.45) is 2.28. The van der Waals surface area contributed by atoms with Gasteiger partial charge < -0.3 is 15.3 Å². The zero-order valence-corrected chi connectivity index (χ0v) is 11.8. The van der Waals surface area contributed by atoms with E-state index < -0.39 is 12.0 Å². The highest BCUT2D eigenvalue weighted by molar-refractivity contribution is 7.99. The lowest BCUT2D eigenvalue weighted by atomic mass is 10.0. The predicted octanol–water partition coefficient (Wildman–Crippen LogP) is 1.30. The first kappa shape index (κ1) is 13.9. The van der Waals surface area contributed by atoms with Crippen LogP contribution in [0.1, 0.15) is 12.8 Å². The van der Waals surface area contributed by atoms with E-state index in [1.165, 1.54) is 16.7 Å². The predicted molar refractivity (Wildman–Crippen MR) is 74.0 cm³/mol. The molecule has 18 heavy (non-hydrogen) atoms. The minimum absolute atomic E-state index is 0.231. The monoisotopic (exact) mass is 290 g/mol. The van der Waals surface area contributed by atoms with Crippen LogP contribution >= 0.6 is 23.5 Å². The van der Waals surface area contributed by atoms with Crippen molar-refractivity contribution in [3.63, 3.8) is 0 Å². The maximum atomic E-state index is 11.9. The van der Waals surface area contributed by atoms with Crippen LogP contribution in [0, 0.1) is 5.92 Å². The SMILES string of the molecule is O=C(O)[C@@H]1CSCN1C(=O)NCC1CCSCC1. The minimum atomic E-state index is -0.913. The number of carboxylic acid groups (broad SMARTS) is 1. The zero-order valence-electron chi connectivity index (χ0n) is 10.1. The lowest BCUT2D eigenvalue weighted by molar-refractivity contribution is -0.140. The summed E-state index contributed by atoms with van der Waals surface area (Å²) >= 11 is 3.45. The fourth-order valence-electron chi connectivity index (χ4n) is 2.13. The van der Waals surface area contributed by atoms with Crippen molar-refractivity contribution in [3.05, 3.63) is 0 Å². The van der Waals surface area contributed by atoms with Gasteiger partial charge in [0.05, 0.1) is 5.88 Å². The summed E-state index contributed by atoms with van der Waals surface area (Å²) in [5, 5.41) is 11.9. The number of nitrogens with one attached hydrogen (secondary N) is 1. The van der Waals surface area contributed by atoms with E-state index in [0.717, 1.165) is 24.3 Å². The molecule has 0 unspecified atom stereocenters. The van der Waals surface area contributed by atoms with Gasteiger partial charge in [-0.05, 0) is 30.3 Å². The van der Waals surface area contributed by atoms with Gasteiger partial charge in [-0.25, -0.2) is 9.59 Å². The fourth-order valence-corrected chi connectivity index (χ4v) is 4.48. The summed E-state index contributed by atoms with van der Waals surface area (Å²) in [5.41, 5.74) is 0. The molecule has 0 bridgehead atoms. The van der Waals surface area contributed by atoms with E-state index in [1.807, 2.05) is 11.8 Å². The zero-order chi connectivity index (χ0) is 13.0. The van der Waals surface area contributed by atoms with Crippen LogP contribution < -0.4 is 5.32 Å². The standard InChI is InChI=1S/C11H18N2O3S2/c14-10(15)9-6-18-7-13(9)11(16)12-5-8-1-3-17-4-2-8/h8-9H,1-7H2,(H,12,16)(H,14,15)/t9-/m0/s1. The molecule has 7 heteroatoms. The van der Waals surface area contributed by atoms with Crippen LogP contribution in [0.4, 0.5) is 4.79 Å². The molecular weight excluding hydrogens is 272 g/mol. The Bertz CT molecular complexity index is 321. The quantitative estimate of drug-likeness (QED) is 0.820. The molecule has 0 spiro atoms. The summed E-state index contributed by atoms with van der Waals surface area (Å²) < 4.78 is 0. The Kier molecular flexibility index (Phi) is 5.05. The van der Waals surface area contributed by atoms with Crippen molar-refractivity contribution in [3.8, 4) is 0 Å². The van der Waals surface area contributed by atoms with Gasteiger partial charge in [0.1, 0.15) is 6.04 Å². The molecule has 0 aromatic rings. The van der Waals surface area contributed by atoms with Crippen molar-refractivity contribution in [2.24, 2.45) is 5.92 Å². The number of urea groups is 1. The van der Waals surface area contributed by atoms with E-state index in [-0.39, 0.29) is 6.03 Å². The molecule has 1 atom stereocenters.